The highest BCUT2D eigenvalue weighted by Gasteiger charge is 2.04. The first-order valence-corrected chi connectivity index (χ1v) is 7.50. The minimum Gasteiger partial charge on any atom is -0.298 e. The predicted molar refractivity (Wildman–Crippen MR) is 88.7 cm³/mol. The molecule has 1 N–H and O–H groups in total. The molecule has 104 valence electrons. The van der Waals surface area contributed by atoms with E-state index in [-0.39, 0.29) is 5.91 Å². The van der Waals surface area contributed by atoms with Gasteiger partial charge in [-0.3, -0.25) is 10.1 Å². The summed E-state index contributed by atoms with van der Waals surface area (Å²) in [6.07, 6.45) is 3.22. The minimum atomic E-state index is -0.205. The molecule has 0 aliphatic heterocycles. The van der Waals surface area contributed by atoms with Crippen LogP contribution >= 0.6 is 22.9 Å². The topological polar surface area (TPSA) is 42.0 Å². The van der Waals surface area contributed by atoms with Gasteiger partial charge in [-0.1, -0.05) is 47.2 Å². The van der Waals surface area contributed by atoms with Gasteiger partial charge < -0.3 is 0 Å². The average molecular weight is 315 g/mol. The van der Waals surface area contributed by atoms with Crippen molar-refractivity contribution in [3.8, 4) is 0 Å². The molecule has 1 amide bonds. The third-order valence-corrected chi connectivity index (χ3v) is 4.02. The Labute approximate surface area is 130 Å². The van der Waals surface area contributed by atoms with Gasteiger partial charge in [0.25, 0.3) is 0 Å². The Morgan fingerprint density at radius 2 is 1.90 bits per heavy atom. The number of nitrogens with one attached hydrogen (secondary N) is 1. The number of hydrogen-bond donors (Lipinski definition) is 1. The van der Waals surface area contributed by atoms with E-state index in [1.807, 2.05) is 36.4 Å². The molecule has 0 radical (unpaired) electrons. The van der Waals surface area contributed by atoms with Crippen LogP contribution in [0.1, 0.15) is 5.56 Å². The standard InChI is InChI=1S/C16H11ClN2OS/c17-12-8-5-11(6-9-12)7-10-15(20)19-16-18-13-3-1-2-4-14(13)21-16/h1-10H,(H,18,19,20)/b10-7+. The van der Waals surface area contributed by atoms with Gasteiger partial charge in [0, 0.05) is 11.1 Å². The lowest BCUT2D eigenvalue weighted by Crippen LogP contribution is -2.07. The number of benzene rings is 2. The van der Waals surface area contributed by atoms with E-state index < -0.39 is 0 Å². The van der Waals surface area contributed by atoms with Crippen molar-refractivity contribution in [1.29, 1.82) is 0 Å². The van der Waals surface area contributed by atoms with Crippen LogP contribution in [-0.2, 0) is 4.79 Å². The van der Waals surface area contributed by atoms with Crippen molar-refractivity contribution in [1.82, 2.24) is 4.98 Å². The van der Waals surface area contributed by atoms with E-state index in [1.54, 1.807) is 18.2 Å². The molecule has 21 heavy (non-hydrogen) atoms. The zero-order valence-corrected chi connectivity index (χ0v) is 12.5. The summed E-state index contributed by atoms with van der Waals surface area (Å²) < 4.78 is 1.05. The number of para-hydroxylation sites is 1. The summed E-state index contributed by atoms with van der Waals surface area (Å²) in [6, 6.07) is 15.0. The number of carbonyl (C=O) groups excluding carboxylic acids is 1. The molecule has 0 fully saturated rings. The fraction of sp³-hybridized carbons (Fsp3) is 0. The lowest BCUT2D eigenvalue weighted by atomic mass is 10.2. The zero-order valence-electron chi connectivity index (χ0n) is 10.9. The van der Waals surface area contributed by atoms with Crippen LogP contribution in [0.5, 0.6) is 0 Å². The lowest BCUT2D eigenvalue weighted by molar-refractivity contribution is -0.111. The summed E-state index contributed by atoms with van der Waals surface area (Å²) in [5, 5.41) is 4.04. The van der Waals surface area contributed by atoms with Gasteiger partial charge in [-0.2, -0.15) is 0 Å². The van der Waals surface area contributed by atoms with Crippen LogP contribution in [-0.4, -0.2) is 10.9 Å². The Bertz CT molecular complexity index is 776. The molecule has 0 spiro atoms. The molecule has 0 aliphatic rings. The molecule has 1 heterocycles. The number of nitrogens with zero attached hydrogens (tertiary/aromatic N) is 1. The molecule has 3 aromatic rings. The maximum absolute atomic E-state index is 11.9. The van der Waals surface area contributed by atoms with Gasteiger partial charge in [0.15, 0.2) is 5.13 Å². The van der Waals surface area contributed by atoms with E-state index in [1.165, 1.54) is 17.4 Å². The molecule has 1 aromatic heterocycles. The van der Waals surface area contributed by atoms with Gasteiger partial charge in [-0.15, -0.1) is 0 Å². The Hall–Kier alpha value is -2.17. The van der Waals surface area contributed by atoms with Crippen LogP contribution in [0.2, 0.25) is 5.02 Å². The third-order valence-electron chi connectivity index (χ3n) is 2.82. The van der Waals surface area contributed by atoms with Gasteiger partial charge in [0.1, 0.15) is 0 Å². The molecule has 0 atom stereocenters. The molecule has 3 nitrogen and oxygen atoms in total. The molecule has 0 bridgehead atoms. The summed E-state index contributed by atoms with van der Waals surface area (Å²) in [5.41, 5.74) is 1.80. The highest BCUT2D eigenvalue weighted by molar-refractivity contribution is 7.22. The summed E-state index contributed by atoms with van der Waals surface area (Å²) in [5.74, 6) is -0.205. The van der Waals surface area contributed by atoms with E-state index in [4.69, 9.17) is 11.6 Å². The summed E-state index contributed by atoms with van der Waals surface area (Å²) in [7, 11) is 0. The maximum Gasteiger partial charge on any atom is 0.250 e. The molecule has 3 rings (SSSR count). The molecule has 0 saturated carbocycles. The second-order valence-corrected chi connectivity index (χ2v) is 5.83. The monoisotopic (exact) mass is 314 g/mol. The summed E-state index contributed by atoms with van der Waals surface area (Å²) >= 11 is 7.26. The van der Waals surface area contributed by atoms with E-state index in [2.05, 4.69) is 10.3 Å². The molecular formula is C16H11ClN2OS. The summed E-state index contributed by atoms with van der Waals surface area (Å²) in [4.78, 5) is 16.2. The van der Waals surface area contributed by atoms with E-state index in [0.29, 0.717) is 10.2 Å². The second-order valence-electron chi connectivity index (χ2n) is 4.36. The van der Waals surface area contributed by atoms with Crippen molar-refractivity contribution >= 4 is 50.3 Å². The van der Waals surface area contributed by atoms with Gasteiger partial charge >= 0.3 is 0 Å². The Morgan fingerprint density at radius 1 is 1.14 bits per heavy atom. The van der Waals surface area contributed by atoms with Crippen LogP contribution < -0.4 is 5.32 Å². The van der Waals surface area contributed by atoms with Crippen molar-refractivity contribution in [2.24, 2.45) is 0 Å². The molecular weight excluding hydrogens is 304 g/mol. The second kappa shape index (κ2) is 6.08. The third kappa shape index (κ3) is 3.48. The quantitative estimate of drug-likeness (QED) is 0.718. The fourth-order valence-corrected chi connectivity index (χ4v) is 2.81. The van der Waals surface area contributed by atoms with Crippen LogP contribution in [0, 0.1) is 0 Å². The van der Waals surface area contributed by atoms with Crippen molar-refractivity contribution in [3.63, 3.8) is 0 Å². The fourth-order valence-electron chi connectivity index (χ4n) is 1.82. The van der Waals surface area contributed by atoms with Crippen molar-refractivity contribution < 1.29 is 4.79 Å². The number of carbonyl (C=O) groups is 1. The maximum atomic E-state index is 11.9. The molecule has 0 saturated heterocycles. The number of thiazole rings is 1. The lowest BCUT2D eigenvalue weighted by Gasteiger charge is -1.96. The normalized spacial score (nSPS) is 11.1. The van der Waals surface area contributed by atoms with Crippen molar-refractivity contribution in [2.75, 3.05) is 5.32 Å². The van der Waals surface area contributed by atoms with Crippen LogP contribution in [0.15, 0.2) is 54.6 Å². The minimum absolute atomic E-state index is 0.205. The van der Waals surface area contributed by atoms with Crippen LogP contribution in [0.3, 0.4) is 0 Å². The van der Waals surface area contributed by atoms with E-state index >= 15 is 0 Å². The van der Waals surface area contributed by atoms with Crippen LogP contribution in [0.4, 0.5) is 5.13 Å². The zero-order chi connectivity index (χ0) is 14.7. The first kappa shape index (κ1) is 13.8. The van der Waals surface area contributed by atoms with Gasteiger partial charge in [-0.05, 0) is 35.9 Å². The van der Waals surface area contributed by atoms with Crippen molar-refractivity contribution in [3.05, 3.63) is 65.2 Å². The number of halogens is 1. The van der Waals surface area contributed by atoms with Crippen LogP contribution in [0.25, 0.3) is 16.3 Å². The number of hydrogen-bond acceptors (Lipinski definition) is 3. The smallest absolute Gasteiger partial charge is 0.250 e. The Balaban J connectivity index is 1.69. The van der Waals surface area contributed by atoms with E-state index in [0.717, 1.165) is 15.8 Å². The highest BCUT2D eigenvalue weighted by atomic mass is 35.5. The van der Waals surface area contributed by atoms with Gasteiger partial charge in [0.2, 0.25) is 5.91 Å². The first-order valence-electron chi connectivity index (χ1n) is 6.31. The SMILES string of the molecule is O=C(/C=C/c1ccc(Cl)cc1)Nc1nc2ccccc2s1. The first-order chi connectivity index (χ1) is 10.2. The summed E-state index contributed by atoms with van der Waals surface area (Å²) in [6.45, 7) is 0. The molecule has 0 aliphatic carbocycles. The van der Waals surface area contributed by atoms with Gasteiger partial charge in [-0.25, -0.2) is 4.98 Å². The largest absolute Gasteiger partial charge is 0.298 e. The number of anilines is 1. The highest BCUT2D eigenvalue weighted by Crippen LogP contribution is 2.25. The number of rotatable bonds is 3. The Morgan fingerprint density at radius 3 is 2.67 bits per heavy atom. The number of amides is 1. The number of fused-ring (bicyclic) bond motifs is 1. The van der Waals surface area contributed by atoms with Gasteiger partial charge in [0.05, 0.1) is 10.2 Å². The number of aromatic nitrogens is 1. The molecule has 5 heteroatoms. The van der Waals surface area contributed by atoms with Crippen molar-refractivity contribution in [2.45, 2.75) is 0 Å². The molecule has 0 unspecified atom stereocenters. The Kier molecular flexibility index (Phi) is 3.99. The predicted octanol–water partition coefficient (Wildman–Crippen LogP) is 4.60. The van der Waals surface area contributed by atoms with E-state index in [9.17, 15) is 4.79 Å². The molecule has 2 aromatic carbocycles. The average Bonchev–Trinajstić information content (AvgIpc) is 2.88.